The van der Waals surface area contributed by atoms with E-state index in [0.717, 1.165) is 22.6 Å². The van der Waals surface area contributed by atoms with E-state index in [2.05, 4.69) is 10.3 Å². The molecule has 0 atom stereocenters. The molecule has 1 amide bonds. The van der Waals surface area contributed by atoms with Gasteiger partial charge in [-0.2, -0.15) is 0 Å². The van der Waals surface area contributed by atoms with Crippen molar-refractivity contribution in [2.24, 2.45) is 4.99 Å². The molecule has 0 unspecified atom stereocenters. The first-order chi connectivity index (χ1) is 11.2. The lowest BCUT2D eigenvalue weighted by atomic mass is 10.2. The lowest BCUT2D eigenvalue weighted by Crippen LogP contribution is -2.24. The number of amides is 1. The highest BCUT2D eigenvalue weighted by molar-refractivity contribution is 6.19. The van der Waals surface area contributed by atoms with Crippen LogP contribution in [0.3, 0.4) is 0 Å². The van der Waals surface area contributed by atoms with E-state index in [9.17, 15) is 4.79 Å². The molecule has 116 valence electrons. The molecule has 1 heterocycles. The van der Waals surface area contributed by atoms with Crippen LogP contribution >= 0.6 is 0 Å². The van der Waals surface area contributed by atoms with Gasteiger partial charge in [0.15, 0.2) is 0 Å². The topological polar surface area (TPSA) is 59.9 Å². The van der Waals surface area contributed by atoms with Crippen LogP contribution in [0.1, 0.15) is 11.1 Å². The molecule has 0 saturated carbocycles. The molecule has 0 bridgehead atoms. The molecule has 0 radical (unpaired) electrons. The van der Waals surface area contributed by atoms with Crippen molar-refractivity contribution in [2.75, 3.05) is 14.2 Å². The van der Waals surface area contributed by atoms with Gasteiger partial charge in [0.25, 0.3) is 5.91 Å². The first-order valence-corrected chi connectivity index (χ1v) is 7.10. The first-order valence-electron chi connectivity index (χ1n) is 7.10. The number of nitrogens with zero attached hydrogens (tertiary/aromatic N) is 1. The van der Waals surface area contributed by atoms with Gasteiger partial charge in [-0.1, -0.05) is 12.1 Å². The number of nitrogens with one attached hydrogen (secondary N) is 1. The number of hydrogen-bond donors (Lipinski definition) is 1. The third kappa shape index (κ3) is 3.23. The molecular weight excluding hydrogens is 292 g/mol. The second kappa shape index (κ2) is 6.36. The van der Waals surface area contributed by atoms with Crippen molar-refractivity contribution in [1.29, 1.82) is 0 Å². The number of carbonyl (C=O) groups excluding carboxylic acids is 1. The van der Waals surface area contributed by atoms with Crippen LogP contribution in [0.25, 0.3) is 6.08 Å². The Morgan fingerprint density at radius 2 is 1.48 bits per heavy atom. The number of benzene rings is 2. The van der Waals surface area contributed by atoms with E-state index in [-0.39, 0.29) is 5.91 Å². The fraction of sp³-hybridized carbons (Fsp3) is 0.111. The summed E-state index contributed by atoms with van der Waals surface area (Å²) in [6.45, 7) is 0. The highest BCUT2D eigenvalue weighted by Crippen LogP contribution is 2.19. The molecule has 2 aromatic carbocycles. The summed E-state index contributed by atoms with van der Waals surface area (Å²) in [7, 11) is 3.23. The monoisotopic (exact) mass is 308 g/mol. The van der Waals surface area contributed by atoms with E-state index in [0.29, 0.717) is 11.5 Å². The summed E-state index contributed by atoms with van der Waals surface area (Å²) in [5.41, 5.74) is 2.09. The molecule has 0 fully saturated rings. The molecule has 1 aliphatic rings. The minimum absolute atomic E-state index is 0.216. The summed E-state index contributed by atoms with van der Waals surface area (Å²) in [6.07, 6.45) is 1.74. The van der Waals surface area contributed by atoms with E-state index in [4.69, 9.17) is 9.47 Å². The minimum atomic E-state index is -0.216. The van der Waals surface area contributed by atoms with Gasteiger partial charge in [0.05, 0.1) is 14.2 Å². The lowest BCUT2D eigenvalue weighted by Gasteiger charge is -2.02. The van der Waals surface area contributed by atoms with E-state index >= 15 is 0 Å². The van der Waals surface area contributed by atoms with Crippen molar-refractivity contribution >= 4 is 17.8 Å². The van der Waals surface area contributed by atoms with Crippen LogP contribution in [0.2, 0.25) is 0 Å². The Morgan fingerprint density at radius 3 is 2.04 bits per heavy atom. The molecule has 23 heavy (non-hydrogen) atoms. The minimum Gasteiger partial charge on any atom is -0.497 e. The van der Waals surface area contributed by atoms with Crippen molar-refractivity contribution in [3.05, 3.63) is 65.4 Å². The Bertz CT molecular complexity index is 775. The number of aliphatic imine (C=N–C) groups is 1. The lowest BCUT2D eigenvalue weighted by molar-refractivity contribution is -0.115. The van der Waals surface area contributed by atoms with Gasteiger partial charge in [-0.3, -0.25) is 4.79 Å². The Labute approximate surface area is 134 Å². The number of methoxy groups -OCH3 is 2. The average molecular weight is 308 g/mol. The molecule has 0 aromatic heterocycles. The fourth-order valence-electron chi connectivity index (χ4n) is 2.21. The second-order valence-corrected chi connectivity index (χ2v) is 4.95. The van der Waals surface area contributed by atoms with Crippen molar-refractivity contribution in [3.63, 3.8) is 0 Å². The van der Waals surface area contributed by atoms with Crippen LogP contribution in [-0.4, -0.2) is 26.0 Å². The maximum atomic E-state index is 12.1. The van der Waals surface area contributed by atoms with Crippen molar-refractivity contribution in [3.8, 4) is 11.5 Å². The Balaban J connectivity index is 1.86. The Kier molecular flexibility index (Phi) is 4.10. The quantitative estimate of drug-likeness (QED) is 0.883. The van der Waals surface area contributed by atoms with Gasteiger partial charge in [0.2, 0.25) is 0 Å². The van der Waals surface area contributed by atoms with Gasteiger partial charge in [-0.15, -0.1) is 0 Å². The van der Waals surface area contributed by atoms with Crippen molar-refractivity contribution < 1.29 is 14.3 Å². The normalized spacial score (nSPS) is 15.3. The molecular formula is C18H16N2O3. The number of carbonyl (C=O) groups is 1. The van der Waals surface area contributed by atoms with Gasteiger partial charge >= 0.3 is 0 Å². The van der Waals surface area contributed by atoms with Crippen LogP contribution < -0.4 is 14.8 Å². The third-order valence-corrected chi connectivity index (χ3v) is 3.48. The maximum Gasteiger partial charge on any atom is 0.275 e. The summed E-state index contributed by atoms with van der Waals surface area (Å²) in [5.74, 6) is 1.85. The number of hydrogen-bond acceptors (Lipinski definition) is 4. The maximum absolute atomic E-state index is 12.1. The van der Waals surface area contributed by atoms with Crippen LogP contribution in [0.15, 0.2) is 59.2 Å². The standard InChI is InChI=1S/C18H16N2O3/c1-22-14-7-3-12(4-8-14)11-16-18(21)20-17(19-16)13-5-9-15(23-2)10-6-13/h3-11H,1-2H3,(H,19,20,21)/b16-11-. The van der Waals surface area contributed by atoms with Crippen LogP contribution in [0.5, 0.6) is 11.5 Å². The van der Waals surface area contributed by atoms with E-state index in [1.54, 1.807) is 20.3 Å². The predicted octanol–water partition coefficient (Wildman–Crippen LogP) is 2.62. The molecule has 3 rings (SSSR count). The SMILES string of the molecule is COc1ccc(/C=C2\N=C(c3ccc(OC)cc3)NC2=O)cc1. The summed E-state index contributed by atoms with van der Waals surface area (Å²) >= 11 is 0. The number of ether oxygens (including phenoxy) is 2. The predicted molar refractivity (Wildman–Crippen MR) is 88.6 cm³/mol. The zero-order chi connectivity index (χ0) is 16.2. The molecule has 5 heteroatoms. The van der Waals surface area contributed by atoms with Gasteiger partial charge in [0.1, 0.15) is 23.0 Å². The molecule has 2 aromatic rings. The summed E-state index contributed by atoms with van der Waals surface area (Å²) in [5, 5.41) is 2.78. The van der Waals surface area contributed by atoms with E-state index in [1.807, 2.05) is 48.5 Å². The number of amidine groups is 1. The second-order valence-electron chi connectivity index (χ2n) is 4.95. The highest BCUT2D eigenvalue weighted by Gasteiger charge is 2.21. The summed E-state index contributed by atoms with van der Waals surface area (Å²) < 4.78 is 10.2. The molecule has 1 aliphatic heterocycles. The summed E-state index contributed by atoms with van der Waals surface area (Å²) in [4.78, 5) is 16.4. The van der Waals surface area contributed by atoms with Crippen LogP contribution in [0, 0.1) is 0 Å². The van der Waals surface area contributed by atoms with Gasteiger partial charge in [-0.05, 0) is 48.0 Å². The van der Waals surface area contributed by atoms with Crippen LogP contribution in [0.4, 0.5) is 0 Å². The smallest absolute Gasteiger partial charge is 0.275 e. The Hall–Kier alpha value is -3.08. The molecule has 0 saturated heterocycles. The zero-order valence-corrected chi connectivity index (χ0v) is 12.9. The van der Waals surface area contributed by atoms with Crippen molar-refractivity contribution in [2.45, 2.75) is 0 Å². The van der Waals surface area contributed by atoms with E-state index in [1.165, 1.54) is 0 Å². The zero-order valence-electron chi connectivity index (χ0n) is 12.9. The average Bonchev–Trinajstić information content (AvgIpc) is 2.96. The van der Waals surface area contributed by atoms with Gasteiger partial charge < -0.3 is 14.8 Å². The van der Waals surface area contributed by atoms with Gasteiger partial charge in [-0.25, -0.2) is 4.99 Å². The summed E-state index contributed by atoms with van der Waals surface area (Å²) in [6, 6.07) is 14.8. The van der Waals surface area contributed by atoms with E-state index < -0.39 is 0 Å². The van der Waals surface area contributed by atoms with Gasteiger partial charge in [0, 0.05) is 5.56 Å². The molecule has 0 spiro atoms. The third-order valence-electron chi connectivity index (χ3n) is 3.48. The van der Waals surface area contributed by atoms with Crippen LogP contribution in [-0.2, 0) is 4.79 Å². The number of rotatable bonds is 4. The molecule has 5 nitrogen and oxygen atoms in total. The largest absolute Gasteiger partial charge is 0.497 e. The highest BCUT2D eigenvalue weighted by atomic mass is 16.5. The Morgan fingerprint density at radius 1 is 0.913 bits per heavy atom. The fourth-order valence-corrected chi connectivity index (χ4v) is 2.21. The molecule has 0 aliphatic carbocycles. The van der Waals surface area contributed by atoms with Crippen molar-refractivity contribution in [1.82, 2.24) is 5.32 Å². The molecule has 1 N–H and O–H groups in total. The first kappa shape index (κ1) is 14.8.